The molecular formula is C27H25N3O7S. The Morgan fingerprint density at radius 3 is 2.66 bits per heavy atom. The molecule has 2 aromatic rings. The Kier molecular flexibility index (Phi) is 5.23. The van der Waals surface area contributed by atoms with Crippen molar-refractivity contribution in [3.8, 4) is 5.75 Å². The summed E-state index contributed by atoms with van der Waals surface area (Å²) in [6.45, 7) is -0.0158. The summed E-state index contributed by atoms with van der Waals surface area (Å²) in [5, 5.41) is 4.18. The number of aromatic nitrogens is 1. The lowest BCUT2D eigenvalue weighted by molar-refractivity contribution is -0.136. The van der Waals surface area contributed by atoms with E-state index in [0.717, 1.165) is 30.6 Å². The zero-order chi connectivity index (χ0) is 26.2. The second kappa shape index (κ2) is 8.45. The van der Waals surface area contributed by atoms with Crippen LogP contribution in [0.2, 0.25) is 0 Å². The van der Waals surface area contributed by atoms with Crippen LogP contribution in [0, 0.1) is 17.8 Å². The molecule has 3 unspecified atom stereocenters. The highest BCUT2D eigenvalue weighted by Gasteiger charge is 2.60. The maximum atomic E-state index is 13.2. The normalized spacial score (nSPS) is 31.1. The summed E-state index contributed by atoms with van der Waals surface area (Å²) >= 11 is 1.20. The minimum absolute atomic E-state index is 0.0158. The number of carbonyl (C=O) groups is 5. The Balaban J connectivity index is 1.04. The zero-order valence-corrected chi connectivity index (χ0v) is 21.3. The Labute approximate surface area is 221 Å². The van der Waals surface area contributed by atoms with E-state index < -0.39 is 35.6 Å². The smallest absolute Gasteiger partial charge is 0.368 e. The standard InChI is InChI=1S/C27H25N3O7S/c31-20-5-4-18(22(32)29-20)30-24(33)17-2-1-3-19(21(17)25(30)34)36-11-16-12-38-23(28-16)26(35)37-27-9-13-6-14(10-27)8-15(27)7-13/h1-3,12-15,18H,4-11H2,(H,29,31,32). The first-order valence-electron chi connectivity index (χ1n) is 13.0. The van der Waals surface area contributed by atoms with Crippen LogP contribution in [0.4, 0.5) is 0 Å². The van der Waals surface area contributed by atoms with Crippen LogP contribution in [-0.4, -0.2) is 51.1 Å². The van der Waals surface area contributed by atoms with Crippen LogP contribution < -0.4 is 10.1 Å². The van der Waals surface area contributed by atoms with Crippen LogP contribution in [-0.2, 0) is 20.9 Å². The number of thiazole rings is 1. The molecular weight excluding hydrogens is 510 g/mol. The van der Waals surface area contributed by atoms with Crippen molar-refractivity contribution in [3.05, 3.63) is 45.4 Å². The summed E-state index contributed by atoms with van der Waals surface area (Å²) < 4.78 is 12.0. The first kappa shape index (κ1) is 23.5. The van der Waals surface area contributed by atoms with Crippen molar-refractivity contribution >= 4 is 40.9 Å². The molecule has 0 spiro atoms. The van der Waals surface area contributed by atoms with Crippen LogP contribution in [0.5, 0.6) is 5.75 Å². The number of carbonyl (C=O) groups excluding carboxylic acids is 5. The number of fused-ring (bicyclic) bond motifs is 1. The van der Waals surface area contributed by atoms with Crippen molar-refractivity contribution in [2.45, 2.75) is 63.2 Å². The molecule has 3 atom stereocenters. The third kappa shape index (κ3) is 3.58. The van der Waals surface area contributed by atoms with Crippen molar-refractivity contribution in [1.82, 2.24) is 15.2 Å². The predicted octanol–water partition coefficient (Wildman–Crippen LogP) is 2.86. The number of nitrogens with one attached hydrogen (secondary N) is 1. The highest BCUT2D eigenvalue weighted by Crippen LogP contribution is 2.62. The van der Waals surface area contributed by atoms with Crippen LogP contribution in [0.3, 0.4) is 0 Å². The number of hydrogen-bond acceptors (Lipinski definition) is 9. The van der Waals surface area contributed by atoms with Gasteiger partial charge in [0, 0.05) is 11.8 Å². The third-order valence-corrected chi connectivity index (χ3v) is 9.61. The van der Waals surface area contributed by atoms with Gasteiger partial charge in [-0.05, 0) is 68.4 Å². The minimum Gasteiger partial charge on any atom is -0.486 e. The molecule has 4 aliphatic carbocycles. The van der Waals surface area contributed by atoms with Gasteiger partial charge in [-0.25, -0.2) is 9.78 Å². The van der Waals surface area contributed by atoms with Gasteiger partial charge in [-0.3, -0.25) is 29.4 Å². The van der Waals surface area contributed by atoms with Gasteiger partial charge in [0.05, 0.1) is 16.8 Å². The summed E-state index contributed by atoms with van der Waals surface area (Å²) in [5.74, 6) is -0.726. The summed E-state index contributed by atoms with van der Waals surface area (Å²) in [6, 6.07) is 3.63. The van der Waals surface area contributed by atoms with Crippen molar-refractivity contribution in [2.24, 2.45) is 17.8 Å². The van der Waals surface area contributed by atoms with E-state index in [9.17, 15) is 24.0 Å². The molecule has 1 aromatic carbocycles. The maximum absolute atomic E-state index is 13.2. The van der Waals surface area contributed by atoms with Crippen molar-refractivity contribution in [2.75, 3.05) is 0 Å². The molecule has 1 aromatic heterocycles. The van der Waals surface area contributed by atoms with Gasteiger partial charge in [-0.15, -0.1) is 11.3 Å². The number of piperidine rings is 1. The number of esters is 1. The van der Waals surface area contributed by atoms with E-state index >= 15 is 0 Å². The predicted molar refractivity (Wildman–Crippen MR) is 131 cm³/mol. The van der Waals surface area contributed by atoms with Gasteiger partial charge in [-0.2, -0.15) is 0 Å². The number of amides is 4. The maximum Gasteiger partial charge on any atom is 0.368 e. The fourth-order valence-corrected chi connectivity index (χ4v) is 8.02. The number of rotatable bonds is 6. The van der Waals surface area contributed by atoms with E-state index in [-0.39, 0.29) is 46.9 Å². The van der Waals surface area contributed by atoms with E-state index in [2.05, 4.69) is 10.3 Å². The van der Waals surface area contributed by atoms with Gasteiger partial charge >= 0.3 is 5.97 Å². The molecule has 8 rings (SSSR count). The molecule has 10 nitrogen and oxygen atoms in total. The Morgan fingerprint density at radius 2 is 1.89 bits per heavy atom. The average molecular weight is 536 g/mol. The van der Waals surface area contributed by atoms with Gasteiger partial charge < -0.3 is 9.47 Å². The van der Waals surface area contributed by atoms with Crippen LogP contribution >= 0.6 is 11.3 Å². The third-order valence-electron chi connectivity index (χ3n) is 8.74. The number of nitrogens with zero attached hydrogens (tertiary/aromatic N) is 2. The molecule has 1 N–H and O–H groups in total. The van der Waals surface area contributed by atoms with E-state index in [0.29, 0.717) is 23.4 Å². The highest BCUT2D eigenvalue weighted by molar-refractivity contribution is 7.11. The van der Waals surface area contributed by atoms with Gasteiger partial charge in [0.15, 0.2) is 0 Å². The molecule has 4 bridgehead atoms. The number of imide groups is 2. The molecule has 6 aliphatic rings. The molecule has 4 saturated carbocycles. The number of benzene rings is 1. The van der Waals surface area contributed by atoms with Gasteiger partial charge in [0.25, 0.3) is 11.8 Å². The molecule has 2 aliphatic heterocycles. The van der Waals surface area contributed by atoms with Crippen molar-refractivity contribution in [1.29, 1.82) is 0 Å². The van der Waals surface area contributed by atoms with E-state index in [1.165, 1.54) is 23.8 Å². The first-order chi connectivity index (χ1) is 18.3. The monoisotopic (exact) mass is 535 g/mol. The Bertz CT molecular complexity index is 1400. The second-order valence-electron chi connectivity index (χ2n) is 11.1. The molecule has 4 amide bonds. The van der Waals surface area contributed by atoms with Crippen molar-refractivity contribution in [3.63, 3.8) is 0 Å². The topological polar surface area (TPSA) is 132 Å². The average Bonchev–Trinajstić information content (AvgIpc) is 3.58. The van der Waals surface area contributed by atoms with E-state index in [1.54, 1.807) is 17.5 Å². The first-order valence-corrected chi connectivity index (χ1v) is 13.8. The number of ether oxygens (including phenoxy) is 2. The fraction of sp³-hybridized carbons (Fsp3) is 0.481. The van der Waals surface area contributed by atoms with Crippen LogP contribution in [0.15, 0.2) is 23.6 Å². The minimum atomic E-state index is -1.05. The summed E-state index contributed by atoms with van der Waals surface area (Å²) in [6.07, 6.45) is 5.62. The zero-order valence-electron chi connectivity index (χ0n) is 20.4. The van der Waals surface area contributed by atoms with Gasteiger partial charge in [0.2, 0.25) is 16.8 Å². The summed E-state index contributed by atoms with van der Waals surface area (Å²) in [7, 11) is 0. The molecule has 5 fully saturated rings. The van der Waals surface area contributed by atoms with Gasteiger partial charge in [0.1, 0.15) is 24.0 Å². The Morgan fingerprint density at radius 1 is 1.11 bits per heavy atom. The lowest BCUT2D eigenvalue weighted by Gasteiger charge is -2.32. The quantitative estimate of drug-likeness (QED) is 0.441. The van der Waals surface area contributed by atoms with E-state index in [1.807, 2.05) is 0 Å². The highest BCUT2D eigenvalue weighted by atomic mass is 32.1. The largest absolute Gasteiger partial charge is 0.486 e. The molecule has 1 saturated heterocycles. The molecule has 3 heterocycles. The summed E-state index contributed by atoms with van der Waals surface area (Å²) in [4.78, 5) is 68.3. The Hall–Kier alpha value is -3.60. The lowest BCUT2D eigenvalue weighted by atomic mass is 9.81. The van der Waals surface area contributed by atoms with E-state index in [4.69, 9.17) is 9.47 Å². The van der Waals surface area contributed by atoms with Gasteiger partial charge in [-0.1, -0.05) is 6.07 Å². The lowest BCUT2D eigenvalue weighted by Crippen LogP contribution is -2.54. The fourth-order valence-electron chi connectivity index (χ4n) is 7.34. The number of hydrogen-bond donors (Lipinski definition) is 1. The molecule has 196 valence electrons. The van der Waals surface area contributed by atoms with Crippen LogP contribution in [0.25, 0.3) is 0 Å². The van der Waals surface area contributed by atoms with Crippen molar-refractivity contribution < 1.29 is 33.4 Å². The summed E-state index contributed by atoms with van der Waals surface area (Å²) in [5.41, 5.74) is 0.398. The molecule has 0 radical (unpaired) electrons. The second-order valence-corrected chi connectivity index (χ2v) is 11.9. The van der Waals surface area contributed by atoms with Crippen LogP contribution in [0.1, 0.15) is 81.2 Å². The molecule has 38 heavy (non-hydrogen) atoms. The molecule has 11 heteroatoms. The SMILES string of the molecule is O=C1CCC(N2C(=O)c3cccc(OCc4csc(C(=O)OC56CC7CC(CC5C7)C6)n4)c3C2=O)C(=O)N1.